The molecule has 1 aromatic carbocycles. The summed E-state index contributed by atoms with van der Waals surface area (Å²) in [6, 6.07) is 12.5. The van der Waals surface area contributed by atoms with Crippen LogP contribution >= 0.6 is 0 Å². The van der Waals surface area contributed by atoms with Gasteiger partial charge in [0.2, 0.25) is 5.82 Å². The van der Waals surface area contributed by atoms with Crippen molar-refractivity contribution >= 4 is 16.6 Å². The third kappa shape index (κ3) is 3.13. The second kappa shape index (κ2) is 6.77. The van der Waals surface area contributed by atoms with Crippen molar-refractivity contribution in [3.63, 3.8) is 0 Å². The van der Waals surface area contributed by atoms with Crippen LogP contribution in [0.2, 0.25) is 0 Å². The molecule has 7 nitrogen and oxygen atoms in total. The highest BCUT2D eigenvalue weighted by Crippen LogP contribution is 2.28. The molecule has 0 radical (unpaired) electrons. The molecule has 0 amide bonds. The second-order valence-electron chi connectivity index (χ2n) is 6.75. The minimum Gasteiger partial charge on any atom is -0.346 e. The largest absolute Gasteiger partial charge is 0.346 e. The summed E-state index contributed by atoms with van der Waals surface area (Å²) in [7, 11) is 0. The molecule has 0 saturated heterocycles. The van der Waals surface area contributed by atoms with Gasteiger partial charge in [0.15, 0.2) is 0 Å². The first-order valence-corrected chi connectivity index (χ1v) is 9.03. The Bertz CT molecular complexity index is 1080. The molecule has 0 unspecified atom stereocenters. The monoisotopic (exact) mass is 357 g/mol. The van der Waals surface area contributed by atoms with E-state index in [4.69, 9.17) is 0 Å². The molecule has 0 fully saturated rings. The van der Waals surface area contributed by atoms with Crippen molar-refractivity contribution in [1.29, 1.82) is 0 Å². The standard InChI is InChI=1S/C20H19N7/c1-2-17-18(12-22-20(17)21-9-1)15-7-10-27(11-8-15)13-14-3-5-16(6-4-14)19-23-25-26-24-19/h1-7,9,12H,8,10-11,13H2,(H,21,22)(H,23,24,25,26). The molecular weight excluding hydrogens is 338 g/mol. The van der Waals surface area contributed by atoms with Gasteiger partial charge in [-0.2, -0.15) is 5.21 Å². The van der Waals surface area contributed by atoms with Crippen LogP contribution in [0, 0.1) is 0 Å². The number of hydrogen-bond donors (Lipinski definition) is 2. The summed E-state index contributed by atoms with van der Waals surface area (Å²) in [5.74, 6) is 0.625. The minimum absolute atomic E-state index is 0.625. The van der Waals surface area contributed by atoms with Crippen LogP contribution in [0.25, 0.3) is 28.0 Å². The third-order valence-corrected chi connectivity index (χ3v) is 5.05. The van der Waals surface area contributed by atoms with Gasteiger partial charge in [0, 0.05) is 48.5 Å². The van der Waals surface area contributed by atoms with E-state index in [1.54, 1.807) is 0 Å². The Morgan fingerprint density at radius 1 is 1.11 bits per heavy atom. The van der Waals surface area contributed by atoms with Crippen LogP contribution in [0.4, 0.5) is 0 Å². The summed E-state index contributed by atoms with van der Waals surface area (Å²) in [6.07, 6.45) is 7.29. The molecule has 0 saturated carbocycles. The number of H-pyrrole nitrogens is 2. The fourth-order valence-electron chi connectivity index (χ4n) is 3.62. The Labute approximate surface area is 156 Å². The van der Waals surface area contributed by atoms with Crippen LogP contribution in [0.3, 0.4) is 0 Å². The average molecular weight is 357 g/mol. The number of pyridine rings is 1. The van der Waals surface area contributed by atoms with Gasteiger partial charge in [-0.1, -0.05) is 30.3 Å². The lowest BCUT2D eigenvalue weighted by atomic mass is 9.99. The summed E-state index contributed by atoms with van der Waals surface area (Å²) in [5, 5.41) is 15.3. The van der Waals surface area contributed by atoms with Crippen LogP contribution in [0.15, 0.2) is 54.9 Å². The first kappa shape index (κ1) is 15.9. The first-order valence-electron chi connectivity index (χ1n) is 9.03. The highest BCUT2D eigenvalue weighted by atomic mass is 15.5. The smallest absolute Gasteiger partial charge is 0.204 e. The van der Waals surface area contributed by atoms with Gasteiger partial charge in [0.25, 0.3) is 0 Å². The number of aromatic amines is 2. The number of rotatable bonds is 4. The van der Waals surface area contributed by atoms with Gasteiger partial charge in [0.1, 0.15) is 5.65 Å². The van der Waals surface area contributed by atoms with Gasteiger partial charge in [-0.3, -0.25) is 4.90 Å². The molecule has 27 heavy (non-hydrogen) atoms. The van der Waals surface area contributed by atoms with E-state index < -0.39 is 0 Å². The van der Waals surface area contributed by atoms with E-state index in [1.807, 2.05) is 24.4 Å². The van der Waals surface area contributed by atoms with E-state index in [0.29, 0.717) is 5.82 Å². The van der Waals surface area contributed by atoms with Gasteiger partial charge >= 0.3 is 0 Å². The zero-order valence-corrected chi connectivity index (χ0v) is 14.8. The van der Waals surface area contributed by atoms with Crippen molar-refractivity contribution in [2.75, 3.05) is 13.1 Å². The lowest BCUT2D eigenvalue weighted by Crippen LogP contribution is -2.27. The summed E-state index contributed by atoms with van der Waals surface area (Å²) >= 11 is 0. The molecule has 0 spiro atoms. The average Bonchev–Trinajstić information content (AvgIpc) is 3.39. The van der Waals surface area contributed by atoms with E-state index in [0.717, 1.165) is 37.3 Å². The third-order valence-electron chi connectivity index (χ3n) is 5.05. The second-order valence-corrected chi connectivity index (χ2v) is 6.75. The first-order chi connectivity index (χ1) is 13.4. The van der Waals surface area contributed by atoms with Gasteiger partial charge in [-0.25, -0.2) is 4.98 Å². The quantitative estimate of drug-likeness (QED) is 0.586. The fraction of sp³-hybridized carbons (Fsp3) is 0.200. The van der Waals surface area contributed by atoms with E-state index in [1.165, 1.54) is 22.1 Å². The topological polar surface area (TPSA) is 86.4 Å². The van der Waals surface area contributed by atoms with Crippen molar-refractivity contribution in [3.8, 4) is 11.4 Å². The van der Waals surface area contributed by atoms with E-state index >= 15 is 0 Å². The number of nitrogens with one attached hydrogen (secondary N) is 2. The molecule has 3 aromatic heterocycles. The number of benzene rings is 1. The maximum absolute atomic E-state index is 4.39. The highest BCUT2D eigenvalue weighted by molar-refractivity contribution is 5.90. The highest BCUT2D eigenvalue weighted by Gasteiger charge is 2.16. The van der Waals surface area contributed by atoms with Crippen molar-refractivity contribution in [3.05, 3.63) is 66.0 Å². The number of tetrazole rings is 1. The Balaban J connectivity index is 1.27. The molecule has 7 heteroatoms. The molecule has 4 heterocycles. The van der Waals surface area contributed by atoms with E-state index in [-0.39, 0.29) is 0 Å². The molecular formula is C20H19N7. The van der Waals surface area contributed by atoms with Crippen LogP contribution in [0.5, 0.6) is 0 Å². The molecule has 4 aromatic rings. The number of fused-ring (bicyclic) bond motifs is 1. The fourth-order valence-corrected chi connectivity index (χ4v) is 3.62. The zero-order chi connectivity index (χ0) is 18.1. The molecule has 0 aliphatic carbocycles. The maximum Gasteiger partial charge on any atom is 0.204 e. The molecule has 2 N–H and O–H groups in total. The Morgan fingerprint density at radius 2 is 2.04 bits per heavy atom. The molecule has 134 valence electrons. The number of aromatic nitrogens is 6. The van der Waals surface area contributed by atoms with Gasteiger partial charge < -0.3 is 4.98 Å². The lowest BCUT2D eigenvalue weighted by molar-refractivity contribution is 0.294. The van der Waals surface area contributed by atoms with Crippen LogP contribution in [0.1, 0.15) is 17.5 Å². The van der Waals surface area contributed by atoms with E-state index in [2.05, 4.69) is 66.0 Å². The number of nitrogens with zero attached hydrogens (tertiary/aromatic N) is 5. The molecule has 1 aliphatic heterocycles. The van der Waals surface area contributed by atoms with Crippen molar-refractivity contribution < 1.29 is 0 Å². The molecule has 1 aliphatic rings. The lowest BCUT2D eigenvalue weighted by Gasteiger charge is -2.26. The molecule has 5 rings (SSSR count). The van der Waals surface area contributed by atoms with Gasteiger partial charge in [0.05, 0.1) is 0 Å². The SMILES string of the molecule is C1=C(c2c[nH]c3ncccc23)CCN(Cc2ccc(-c3nn[nH]n3)cc2)C1. The van der Waals surface area contributed by atoms with E-state index in [9.17, 15) is 0 Å². The van der Waals surface area contributed by atoms with Gasteiger partial charge in [-0.05, 0) is 34.9 Å². The van der Waals surface area contributed by atoms with Gasteiger partial charge in [-0.15, -0.1) is 10.2 Å². The number of hydrogen-bond acceptors (Lipinski definition) is 5. The van der Waals surface area contributed by atoms with Crippen molar-refractivity contribution in [2.45, 2.75) is 13.0 Å². The van der Waals surface area contributed by atoms with Crippen molar-refractivity contribution in [2.24, 2.45) is 0 Å². The zero-order valence-electron chi connectivity index (χ0n) is 14.8. The summed E-state index contributed by atoms with van der Waals surface area (Å²) in [5.41, 5.74) is 5.90. The summed E-state index contributed by atoms with van der Waals surface area (Å²) in [4.78, 5) is 10.1. The van der Waals surface area contributed by atoms with Crippen LogP contribution in [-0.2, 0) is 6.54 Å². The Morgan fingerprint density at radius 3 is 2.81 bits per heavy atom. The Hall–Kier alpha value is -3.32. The Kier molecular flexibility index (Phi) is 3.99. The summed E-state index contributed by atoms with van der Waals surface area (Å²) in [6.45, 7) is 2.94. The summed E-state index contributed by atoms with van der Waals surface area (Å²) < 4.78 is 0. The predicted octanol–water partition coefficient (Wildman–Crippen LogP) is 3.03. The van der Waals surface area contributed by atoms with Crippen molar-refractivity contribution in [1.82, 2.24) is 35.5 Å². The normalized spacial score (nSPS) is 15.2. The van der Waals surface area contributed by atoms with Crippen LogP contribution in [-0.4, -0.2) is 48.6 Å². The molecule has 0 atom stereocenters. The molecule has 0 bridgehead atoms. The van der Waals surface area contributed by atoms with Crippen LogP contribution < -0.4 is 0 Å². The maximum atomic E-state index is 4.39. The predicted molar refractivity (Wildman–Crippen MR) is 104 cm³/mol. The minimum atomic E-state index is 0.625.